The van der Waals surface area contributed by atoms with E-state index in [-0.39, 0.29) is 11.8 Å². The lowest BCUT2D eigenvalue weighted by atomic mass is 10.1. The van der Waals surface area contributed by atoms with E-state index in [4.69, 9.17) is 0 Å². The van der Waals surface area contributed by atoms with Gasteiger partial charge in [-0.2, -0.15) is 0 Å². The average molecular weight is 272 g/mol. The van der Waals surface area contributed by atoms with Crippen molar-refractivity contribution < 1.29 is 9.18 Å². The number of rotatable bonds is 5. The Morgan fingerprint density at radius 1 is 0.900 bits per heavy atom. The first kappa shape index (κ1) is 14.1. The number of carbonyl (C=O) groups excluding carboxylic acids is 1. The molecule has 2 N–H and O–H groups in total. The van der Waals surface area contributed by atoms with E-state index in [1.807, 2.05) is 30.3 Å². The minimum atomic E-state index is -0.277. The van der Waals surface area contributed by atoms with Gasteiger partial charge in [-0.25, -0.2) is 9.18 Å². The Morgan fingerprint density at radius 3 is 2.30 bits per heavy atom. The van der Waals surface area contributed by atoms with Crippen molar-refractivity contribution in [2.45, 2.75) is 13.0 Å². The molecule has 0 aliphatic rings. The van der Waals surface area contributed by atoms with Crippen LogP contribution in [0.5, 0.6) is 0 Å². The van der Waals surface area contributed by atoms with Gasteiger partial charge in [0.1, 0.15) is 5.82 Å². The first-order valence-corrected chi connectivity index (χ1v) is 6.54. The van der Waals surface area contributed by atoms with E-state index in [2.05, 4.69) is 10.6 Å². The minimum absolute atomic E-state index is 0.217. The van der Waals surface area contributed by atoms with Crippen molar-refractivity contribution in [3.63, 3.8) is 0 Å². The van der Waals surface area contributed by atoms with Crippen LogP contribution in [0.3, 0.4) is 0 Å². The van der Waals surface area contributed by atoms with Crippen LogP contribution in [0.15, 0.2) is 54.6 Å². The molecule has 3 nitrogen and oxygen atoms in total. The molecule has 0 radical (unpaired) electrons. The third-order valence-corrected chi connectivity index (χ3v) is 2.91. The minimum Gasteiger partial charge on any atom is -0.338 e. The molecule has 0 heterocycles. The van der Waals surface area contributed by atoms with Gasteiger partial charge in [-0.05, 0) is 29.7 Å². The molecule has 0 atom stereocenters. The monoisotopic (exact) mass is 272 g/mol. The maximum Gasteiger partial charge on any atom is 0.315 e. The SMILES string of the molecule is O=C(NCCc1ccccc1)NCc1ccc(F)cc1. The molecule has 0 unspecified atom stereocenters. The lowest BCUT2D eigenvalue weighted by Gasteiger charge is -2.07. The first-order chi connectivity index (χ1) is 9.74. The molecule has 2 rings (SSSR count). The quantitative estimate of drug-likeness (QED) is 0.863. The van der Waals surface area contributed by atoms with Gasteiger partial charge in [0.15, 0.2) is 0 Å². The van der Waals surface area contributed by atoms with Gasteiger partial charge in [0.25, 0.3) is 0 Å². The van der Waals surface area contributed by atoms with E-state index in [0.29, 0.717) is 13.1 Å². The highest BCUT2D eigenvalue weighted by Crippen LogP contribution is 2.02. The Morgan fingerprint density at radius 2 is 1.60 bits per heavy atom. The summed E-state index contributed by atoms with van der Waals surface area (Å²) in [5.41, 5.74) is 2.05. The maximum absolute atomic E-state index is 12.7. The predicted molar refractivity (Wildman–Crippen MR) is 76.8 cm³/mol. The second-order valence-corrected chi connectivity index (χ2v) is 4.47. The van der Waals surface area contributed by atoms with Crippen LogP contribution < -0.4 is 10.6 Å². The highest BCUT2D eigenvalue weighted by atomic mass is 19.1. The molecule has 0 aliphatic heterocycles. The van der Waals surface area contributed by atoms with Crippen LogP contribution in [0.1, 0.15) is 11.1 Å². The van der Waals surface area contributed by atoms with Crippen LogP contribution in [0.2, 0.25) is 0 Å². The fourth-order valence-corrected chi connectivity index (χ4v) is 1.81. The molecule has 2 aromatic rings. The Bertz CT molecular complexity index is 540. The lowest BCUT2D eigenvalue weighted by Crippen LogP contribution is -2.36. The number of urea groups is 1. The Labute approximate surface area is 117 Å². The molecule has 0 saturated heterocycles. The van der Waals surface area contributed by atoms with E-state index < -0.39 is 0 Å². The topological polar surface area (TPSA) is 41.1 Å². The Kier molecular flexibility index (Phi) is 5.12. The summed E-state index contributed by atoms with van der Waals surface area (Å²) in [5.74, 6) is -0.277. The molecule has 4 heteroatoms. The molecule has 0 saturated carbocycles. The highest BCUT2D eigenvalue weighted by Gasteiger charge is 2.00. The zero-order chi connectivity index (χ0) is 14.2. The van der Waals surface area contributed by atoms with Gasteiger partial charge in [-0.15, -0.1) is 0 Å². The third kappa shape index (κ3) is 4.72. The van der Waals surface area contributed by atoms with E-state index in [0.717, 1.165) is 12.0 Å². The number of amides is 2. The fraction of sp³-hybridized carbons (Fsp3) is 0.188. The number of nitrogens with one attached hydrogen (secondary N) is 2. The normalized spacial score (nSPS) is 10.1. The molecule has 2 aromatic carbocycles. The number of halogens is 1. The van der Waals surface area contributed by atoms with Crippen molar-refractivity contribution in [2.24, 2.45) is 0 Å². The summed E-state index contributed by atoms with van der Waals surface area (Å²) in [6.07, 6.45) is 0.796. The van der Waals surface area contributed by atoms with Gasteiger partial charge in [-0.3, -0.25) is 0 Å². The van der Waals surface area contributed by atoms with Crippen molar-refractivity contribution in [1.29, 1.82) is 0 Å². The van der Waals surface area contributed by atoms with Crippen LogP contribution >= 0.6 is 0 Å². The van der Waals surface area contributed by atoms with Gasteiger partial charge < -0.3 is 10.6 Å². The van der Waals surface area contributed by atoms with Gasteiger partial charge in [0, 0.05) is 13.1 Å². The number of benzene rings is 2. The Balaban J connectivity index is 1.67. The van der Waals surface area contributed by atoms with Crippen LogP contribution in [-0.2, 0) is 13.0 Å². The summed E-state index contributed by atoms with van der Waals surface area (Å²) in [6, 6.07) is 15.8. The van der Waals surface area contributed by atoms with Gasteiger partial charge in [0.2, 0.25) is 0 Å². The number of carbonyl (C=O) groups is 1. The first-order valence-electron chi connectivity index (χ1n) is 6.54. The van der Waals surface area contributed by atoms with Crippen molar-refractivity contribution in [2.75, 3.05) is 6.54 Å². The Hall–Kier alpha value is -2.36. The molecule has 0 fully saturated rings. The van der Waals surface area contributed by atoms with E-state index in [1.165, 1.54) is 17.7 Å². The summed E-state index contributed by atoms with van der Waals surface area (Å²) in [4.78, 5) is 11.6. The van der Waals surface area contributed by atoms with Crippen molar-refractivity contribution in [3.8, 4) is 0 Å². The summed E-state index contributed by atoms with van der Waals surface area (Å²) in [6.45, 7) is 0.969. The van der Waals surface area contributed by atoms with Crippen molar-refractivity contribution >= 4 is 6.03 Å². The van der Waals surface area contributed by atoms with E-state index in [1.54, 1.807) is 12.1 Å². The van der Waals surface area contributed by atoms with Crippen molar-refractivity contribution in [1.82, 2.24) is 10.6 Å². The molecule has 104 valence electrons. The highest BCUT2D eigenvalue weighted by molar-refractivity contribution is 5.73. The zero-order valence-electron chi connectivity index (χ0n) is 11.1. The zero-order valence-corrected chi connectivity index (χ0v) is 11.1. The second kappa shape index (κ2) is 7.28. The summed E-state index contributed by atoms with van der Waals surface area (Å²) >= 11 is 0. The molecule has 0 aromatic heterocycles. The third-order valence-electron chi connectivity index (χ3n) is 2.91. The summed E-state index contributed by atoms with van der Waals surface area (Å²) in [7, 11) is 0. The number of hydrogen-bond acceptors (Lipinski definition) is 1. The van der Waals surface area contributed by atoms with Crippen LogP contribution in [-0.4, -0.2) is 12.6 Å². The van der Waals surface area contributed by atoms with E-state index >= 15 is 0 Å². The molecular formula is C16H17FN2O. The smallest absolute Gasteiger partial charge is 0.315 e. The number of hydrogen-bond donors (Lipinski definition) is 2. The average Bonchev–Trinajstić information content (AvgIpc) is 2.48. The van der Waals surface area contributed by atoms with Gasteiger partial charge >= 0.3 is 6.03 Å². The summed E-state index contributed by atoms with van der Waals surface area (Å²) < 4.78 is 12.7. The fourth-order valence-electron chi connectivity index (χ4n) is 1.81. The molecule has 0 aliphatic carbocycles. The largest absolute Gasteiger partial charge is 0.338 e. The standard InChI is InChI=1S/C16H17FN2O/c17-15-8-6-14(7-9-15)12-19-16(20)18-11-10-13-4-2-1-3-5-13/h1-9H,10-12H2,(H2,18,19,20). The molecule has 0 spiro atoms. The summed E-state index contributed by atoms with van der Waals surface area (Å²) in [5, 5.41) is 5.52. The van der Waals surface area contributed by atoms with Crippen molar-refractivity contribution in [3.05, 3.63) is 71.5 Å². The molecular weight excluding hydrogens is 255 g/mol. The van der Waals surface area contributed by atoms with Crippen LogP contribution in [0.25, 0.3) is 0 Å². The predicted octanol–water partition coefficient (Wildman–Crippen LogP) is 2.87. The van der Waals surface area contributed by atoms with Gasteiger partial charge in [-0.1, -0.05) is 42.5 Å². The lowest BCUT2D eigenvalue weighted by molar-refractivity contribution is 0.240. The second-order valence-electron chi connectivity index (χ2n) is 4.47. The van der Waals surface area contributed by atoms with E-state index in [9.17, 15) is 9.18 Å². The molecule has 2 amide bonds. The van der Waals surface area contributed by atoms with Crippen LogP contribution in [0.4, 0.5) is 9.18 Å². The van der Waals surface area contributed by atoms with Crippen LogP contribution in [0, 0.1) is 5.82 Å². The molecule has 20 heavy (non-hydrogen) atoms. The maximum atomic E-state index is 12.7. The molecule has 0 bridgehead atoms. The van der Waals surface area contributed by atoms with Gasteiger partial charge in [0.05, 0.1) is 0 Å².